The van der Waals surface area contributed by atoms with Gasteiger partial charge in [-0.25, -0.2) is 8.78 Å². The number of para-hydroxylation sites is 1. The number of pyridine rings is 1. The highest BCUT2D eigenvalue weighted by Crippen LogP contribution is 2.23. The van der Waals surface area contributed by atoms with Gasteiger partial charge >= 0.3 is 0 Å². The van der Waals surface area contributed by atoms with Crippen LogP contribution in [0.2, 0.25) is 5.02 Å². The Bertz CT molecular complexity index is 934. The first-order valence-electron chi connectivity index (χ1n) is 7.27. The second-order valence-corrected chi connectivity index (χ2v) is 5.52. The van der Waals surface area contributed by atoms with Crippen molar-refractivity contribution in [1.82, 2.24) is 4.98 Å². The van der Waals surface area contributed by atoms with Crippen LogP contribution < -0.4 is 10.6 Å². The minimum atomic E-state index is -0.737. The molecule has 0 spiro atoms. The van der Waals surface area contributed by atoms with E-state index in [2.05, 4.69) is 15.6 Å². The van der Waals surface area contributed by atoms with Crippen molar-refractivity contribution in [3.63, 3.8) is 0 Å². The number of benzene rings is 2. The molecule has 1 aromatic heterocycles. The summed E-state index contributed by atoms with van der Waals surface area (Å²) in [5.74, 6) is -1.87. The smallest absolute Gasteiger partial charge is 0.274 e. The third kappa shape index (κ3) is 4.10. The van der Waals surface area contributed by atoms with Crippen molar-refractivity contribution >= 4 is 34.6 Å². The molecule has 3 aromatic rings. The molecule has 0 atom stereocenters. The maximum Gasteiger partial charge on any atom is 0.274 e. The van der Waals surface area contributed by atoms with Crippen LogP contribution in [0.3, 0.4) is 0 Å². The van der Waals surface area contributed by atoms with Crippen LogP contribution in [0.4, 0.5) is 25.8 Å². The van der Waals surface area contributed by atoms with Crippen LogP contribution in [0.25, 0.3) is 0 Å². The summed E-state index contributed by atoms with van der Waals surface area (Å²) in [5, 5.41) is 5.84. The van der Waals surface area contributed by atoms with Crippen molar-refractivity contribution in [2.45, 2.75) is 0 Å². The van der Waals surface area contributed by atoms with Crippen LogP contribution in [-0.4, -0.2) is 10.9 Å². The number of carbonyl (C=O) groups is 1. The molecule has 0 saturated heterocycles. The molecule has 0 saturated carbocycles. The van der Waals surface area contributed by atoms with Gasteiger partial charge in [0.2, 0.25) is 0 Å². The molecule has 0 fully saturated rings. The van der Waals surface area contributed by atoms with Gasteiger partial charge in [-0.15, -0.1) is 0 Å². The van der Waals surface area contributed by atoms with Crippen molar-refractivity contribution in [3.8, 4) is 0 Å². The summed E-state index contributed by atoms with van der Waals surface area (Å²) >= 11 is 6.00. The predicted molar refractivity (Wildman–Crippen MR) is 93.3 cm³/mol. The molecule has 2 N–H and O–H groups in total. The van der Waals surface area contributed by atoms with Gasteiger partial charge in [0.25, 0.3) is 5.91 Å². The van der Waals surface area contributed by atoms with E-state index in [-0.39, 0.29) is 11.4 Å². The Kier molecular flexibility index (Phi) is 4.90. The third-order valence-electron chi connectivity index (χ3n) is 3.32. The number of amides is 1. The van der Waals surface area contributed by atoms with Gasteiger partial charge < -0.3 is 10.6 Å². The summed E-state index contributed by atoms with van der Waals surface area (Å²) in [5.41, 5.74) is 1.10. The number of nitrogens with one attached hydrogen (secondary N) is 2. The lowest BCUT2D eigenvalue weighted by Crippen LogP contribution is -2.14. The number of anilines is 3. The van der Waals surface area contributed by atoms with Crippen molar-refractivity contribution in [2.75, 3.05) is 10.6 Å². The van der Waals surface area contributed by atoms with Gasteiger partial charge in [-0.1, -0.05) is 23.7 Å². The normalized spacial score (nSPS) is 10.4. The largest absolute Gasteiger partial charge is 0.353 e. The van der Waals surface area contributed by atoms with Crippen LogP contribution >= 0.6 is 11.6 Å². The average Bonchev–Trinajstić information content (AvgIpc) is 2.60. The third-order valence-corrected chi connectivity index (χ3v) is 3.65. The van der Waals surface area contributed by atoms with E-state index in [0.29, 0.717) is 16.4 Å². The standard InChI is InChI=1S/C18H12ClF2N3O/c19-13-3-1-2-4-15(13)24-18(25)17-10-12(7-8-22-17)23-16-6-5-11(20)9-14(16)21/h1-10H,(H,22,23)(H,24,25). The van der Waals surface area contributed by atoms with Gasteiger partial charge in [0, 0.05) is 18.0 Å². The fourth-order valence-electron chi connectivity index (χ4n) is 2.13. The Morgan fingerprint density at radius 1 is 1.00 bits per heavy atom. The highest BCUT2D eigenvalue weighted by atomic mass is 35.5. The maximum absolute atomic E-state index is 13.7. The summed E-state index contributed by atoms with van der Waals surface area (Å²) in [7, 11) is 0. The zero-order valence-corrected chi connectivity index (χ0v) is 13.5. The fourth-order valence-corrected chi connectivity index (χ4v) is 2.31. The molecule has 25 heavy (non-hydrogen) atoms. The monoisotopic (exact) mass is 359 g/mol. The number of rotatable bonds is 4. The predicted octanol–water partition coefficient (Wildman–Crippen LogP) is 5.01. The number of halogens is 3. The number of hydrogen-bond donors (Lipinski definition) is 2. The van der Waals surface area contributed by atoms with Crippen molar-refractivity contribution in [2.24, 2.45) is 0 Å². The Morgan fingerprint density at radius 3 is 2.56 bits per heavy atom. The molecule has 0 radical (unpaired) electrons. The minimum absolute atomic E-state index is 0.0880. The lowest BCUT2D eigenvalue weighted by molar-refractivity contribution is 0.102. The van der Waals surface area contributed by atoms with E-state index in [1.807, 2.05) is 0 Å². The molecule has 2 aromatic carbocycles. The lowest BCUT2D eigenvalue weighted by Gasteiger charge is -2.10. The van der Waals surface area contributed by atoms with Gasteiger partial charge in [-0.05, 0) is 36.4 Å². The highest BCUT2D eigenvalue weighted by Gasteiger charge is 2.11. The summed E-state index contributed by atoms with van der Waals surface area (Å²) in [6.07, 6.45) is 1.41. The molecule has 126 valence electrons. The van der Waals surface area contributed by atoms with Crippen LogP contribution in [0.5, 0.6) is 0 Å². The zero-order chi connectivity index (χ0) is 17.8. The molecular weight excluding hydrogens is 348 g/mol. The molecule has 0 aliphatic heterocycles. The topological polar surface area (TPSA) is 54.0 Å². The molecule has 0 bridgehead atoms. The first-order valence-corrected chi connectivity index (χ1v) is 7.65. The second-order valence-electron chi connectivity index (χ2n) is 5.11. The van der Waals surface area contributed by atoms with Crippen molar-refractivity contribution < 1.29 is 13.6 Å². The molecule has 7 heteroatoms. The molecule has 3 rings (SSSR count). The molecular formula is C18H12ClF2N3O. The van der Waals surface area contributed by atoms with Gasteiger partial charge in [0.15, 0.2) is 0 Å². The minimum Gasteiger partial charge on any atom is -0.353 e. The number of nitrogens with zero attached hydrogens (tertiary/aromatic N) is 1. The van der Waals surface area contributed by atoms with Crippen molar-refractivity contribution in [1.29, 1.82) is 0 Å². The van der Waals surface area contributed by atoms with E-state index in [9.17, 15) is 13.6 Å². The molecule has 4 nitrogen and oxygen atoms in total. The van der Waals surface area contributed by atoms with E-state index < -0.39 is 17.5 Å². The second kappa shape index (κ2) is 7.27. The van der Waals surface area contributed by atoms with Crippen LogP contribution in [0.15, 0.2) is 60.8 Å². The highest BCUT2D eigenvalue weighted by molar-refractivity contribution is 6.33. The van der Waals surface area contributed by atoms with Crippen LogP contribution in [0.1, 0.15) is 10.5 Å². The fraction of sp³-hybridized carbons (Fsp3) is 0. The molecule has 1 amide bonds. The van der Waals surface area contributed by atoms with E-state index in [1.165, 1.54) is 18.3 Å². The number of carbonyl (C=O) groups excluding carboxylic acids is 1. The molecule has 0 aliphatic carbocycles. The first kappa shape index (κ1) is 16.9. The molecule has 0 aliphatic rings. The average molecular weight is 360 g/mol. The van der Waals surface area contributed by atoms with Gasteiger partial charge in [0.05, 0.1) is 16.4 Å². The summed E-state index contributed by atoms with van der Waals surface area (Å²) in [4.78, 5) is 16.3. The number of hydrogen-bond acceptors (Lipinski definition) is 3. The first-order chi connectivity index (χ1) is 12.0. The van der Waals surface area contributed by atoms with Crippen molar-refractivity contribution in [3.05, 3.63) is 83.1 Å². The Hall–Kier alpha value is -2.99. The van der Waals surface area contributed by atoms with Gasteiger partial charge in [0.1, 0.15) is 17.3 Å². The van der Waals surface area contributed by atoms with Gasteiger partial charge in [-0.3, -0.25) is 9.78 Å². The van der Waals surface area contributed by atoms with Gasteiger partial charge in [-0.2, -0.15) is 0 Å². The zero-order valence-electron chi connectivity index (χ0n) is 12.8. The van der Waals surface area contributed by atoms with Crippen LogP contribution in [-0.2, 0) is 0 Å². The SMILES string of the molecule is O=C(Nc1ccccc1Cl)c1cc(Nc2ccc(F)cc2F)ccn1. The Morgan fingerprint density at radius 2 is 1.80 bits per heavy atom. The molecule has 0 unspecified atom stereocenters. The van der Waals surface area contributed by atoms with E-state index in [0.717, 1.165) is 12.1 Å². The Labute approximate surface area is 147 Å². The summed E-state index contributed by atoms with van der Waals surface area (Å²) in [6, 6.07) is 13.0. The van der Waals surface area contributed by atoms with Crippen LogP contribution in [0, 0.1) is 11.6 Å². The Balaban J connectivity index is 1.79. The summed E-state index contributed by atoms with van der Waals surface area (Å²) < 4.78 is 26.7. The van der Waals surface area contributed by atoms with E-state index in [4.69, 9.17) is 11.6 Å². The van der Waals surface area contributed by atoms with E-state index >= 15 is 0 Å². The van der Waals surface area contributed by atoms with E-state index in [1.54, 1.807) is 30.3 Å². The quantitative estimate of drug-likeness (QED) is 0.688. The maximum atomic E-state index is 13.7. The number of aromatic nitrogens is 1. The lowest BCUT2D eigenvalue weighted by atomic mass is 10.2. The summed E-state index contributed by atoms with van der Waals surface area (Å²) in [6.45, 7) is 0. The molecule has 1 heterocycles.